The van der Waals surface area contributed by atoms with E-state index in [0.717, 1.165) is 168 Å². The molecule has 0 bridgehead atoms. The third-order valence-electron chi connectivity index (χ3n) is 13.2. The van der Waals surface area contributed by atoms with E-state index in [1.807, 2.05) is 97.1 Å². The monoisotopic (exact) mass is 1090 g/mol. The highest BCUT2D eigenvalue weighted by molar-refractivity contribution is 7.17. The lowest BCUT2D eigenvalue weighted by Gasteiger charge is -2.14. The summed E-state index contributed by atoms with van der Waals surface area (Å²) in [5, 5.41) is 29.5. The van der Waals surface area contributed by atoms with Crippen LogP contribution in [0.3, 0.4) is 0 Å². The summed E-state index contributed by atoms with van der Waals surface area (Å²) in [6.45, 7) is 11.1. The Bertz CT molecular complexity index is 3480. The van der Waals surface area contributed by atoms with E-state index >= 15 is 0 Å². The lowest BCUT2D eigenvalue weighted by atomic mass is 10.1. The van der Waals surface area contributed by atoms with Crippen molar-refractivity contribution in [2.45, 2.75) is 130 Å². The van der Waals surface area contributed by atoms with E-state index in [0.29, 0.717) is 60.6 Å². The van der Waals surface area contributed by atoms with Gasteiger partial charge in [-0.15, -0.1) is 10.2 Å². The van der Waals surface area contributed by atoms with Gasteiger partial charge in [-0.05, 0) is 92.4 Å². The third-order valence-corrected chi connectivity index (χ3v) is 14.3. The lowest BCUT2D eigenvalue weighted by molar-refractivity contribution is 0.295. The summed E-state index contributed by atoms with van der Waals surface area (Å²) in [4.78, 5) is 0. The van der Waals surface area contributed by atoms with Crippen molar-refractivity contribution in [1.82, 2.24) is 10.2 Å². The largest absolute Gasteiger partial charge is 0.492 e. The smallest absolute Gasteiger partial charge is 0.148 e. The molecule has 7 aromatic rings. The molecule has 0 aliphatic rings. The number of ether oxygens (including phenoxy) is 4. The Morgan fingerprint density at radius 2 is 0.642 bits per heavy atom. The molecule has 0 atom stereocenters. The number of benzene rings is 6. The Morgan fingerprint density at radius 1 is 0.333 bits per heavy atom. The highest BCUT2D eigenvalue weighted by atomic mass is 32.1. The molecule has 0 saturated carbocycles. The van der Waals surface area contributed by atoms with Gasteiger partial charge < -0.3 is 18.9 Å². The maximum Gasteiger partial charge on any atom is 0.148 e. The van der Waals surface area contributed by atoms with Gasteiger partial charge in [-0.1, -0.05) is 194 Å². The number of nitrogens with zero attached hydrogens (tertiary/aromatic N) is 4. The van der Waals surface area contributed by atoms with Crippen molar-refractivity contribution in [2.75, 3.05) is 26.4 Å². The molecule has 6 aromatic carbocycles. The summed E-state index contributed by atoms with van der Waals surface area (Å²) in [7, 11) is 0. The van der Waals surface area contributed by atoms with Gasteiger partial charge in [0.1, 0.15) is 33.0 Å². The molecule has 81 heavy (non-hydrogen) atoms. The first-order valence-electron chi connectivity index (χ1n) is 28.9. The summed E-state index contributed by atoms with van der Waals surface area (Å²) >= 11 is 1.53. The molecule has 1 aromatic heterocycles. The molecular weight excluding hydrogens is 1020 g/mol. The second-order valence-electron chi connectivity index (χ2n) is 19.8. The summed E-state index contributed by atoms with van der Waals surface area (Å²) in [5.41, 5.74) is 9.24. The number of rotatable bonds is 26. The van der Waals surface area contributed by atoms with Crippen LogP contribution >= 0.6 is 11.3 Å². The zero-order valence-electron chi connectivity index (χ0n) is 47.5. The Kier molecular flexibility index (Phi) is 24.9. The number of aromatic nitrogens is 2. The minimum absolute atomic E-state index is 0.564. The van der Waals surface area contributed by atoms with Crippen molar-refractivity contribution in [3.05, 3.63) is 177 Å². The van der Waals surface area contributed by atoms with Gasteiger partial charge in [-0.3, -0.25) is 0 Å². The van der Waals surface area contributed by atoms with E-state index in [2.05, 4.69) is 97.4 Å². The first kappa shape index (κ1) is 60.0. The van der Waals surface area contributed by atoms with Crippen LogP contribution in [0.15, 0.2) is 121 Å². The SMILES string of the molecule is CCCCCCOc1cc(C#Cc2ccc(-c3nnc(-c4ccc(C#Cc5cc(OCCCCCC)c(C#Cc6cccc(C#N)c6)cc5OCCCCCC)cc4)s3)cc2)c(OCCCCCC)cc1C#Cc1ccc(C#N)cc1. The average Bonchev–Trinajstić information content (AvgIpc) is 4.10. The van der Waals surface area contributed by atoms with Crippen molar-refractivity contribution in [3.8, 4) is 104 Å². The van der Waals surface area contributed by atoms with Crippen LogP contribution < -0.4 is 18.9 Å². The Morgan fingerprint density at radius 3 is 0.975 bits per heavy atom. The fraction of sp³-hybridized carbons (Fsp3) is 0.333. The quantitative estimate of drug-likeness (QED) is 0.0390. The van der Waals surface area contributed by atoms with Crippen molar-refractivity contribution in [1.29, 1.82) is 10.5 Å². The lowest BCUT2D eigenvalue weighted by Crippen LogP contribution is -2.03. The molecule has 0 radical (unpaired) electrons. The number of hydrogen-bond donors (Lipinski definition) is 0. The molecule has 0 aliphatic heterocycles. The fourth-order valence-electron chi connectivity index (χ4n) is 8.53. The Hall–Kier alpha value is -8.70. The van der Waals surface area contributed by atoms with Gasteiger partial charge >= 0.3 is 0 Å². The van der Waals surface area contributed by atoms with Crippen LogP contribution in [0.1, 0.15) is 186 Å². The van der Waals surface area contributed by atoms with Gasteiger partial charge in [-0.2, -0.15) is 10.5 Å². The summed E-state index contributed by atoms with van der Waals surface area (Å²) in [6.07, 6.45) is 17.4. The first-order chi connectivity index (χ1) is 39.9. The Balaban J connectivity index is 1.10. The van der Waals surface area contributed by atoms with Crippen LogP contribution in [-0.4, -0.2) is 36.6 Å². The van der Waals surface area contributed by atoms with Gasteiger partial charge in [0.2, 0.25) is 0 Å². The van der Waals surface area contributed by atoms with Crippen LogP contribution in [-0.2, 0) is 0 Å². The maximum absolute atomic E-state index is 9.47. The minimum Gasteiger partial charge on any atom is -0.492 e. The molecule has 0 spiro atoms. The van der Waals surface area contributed by atoms with E-state index in [9.17, 15) is 10.5 Å². The van der Waals surface area contributed by atoms with Crippen LogP contribution in [0.25, 0.3) is 21.1 Å². The van der Waals surface area contributed by atoms with Gasteiger partial charge in [0.25, 0.3) is 0 Å². The molecule has 1 heterocycles. The topological polar surface area (TPSA) is 110 Å². The highest BCUT2D eigenvalue weighted by Gasteiger charge is 2.14. The second kappa shape index (κ2) is 33.7. The zero-order valence-corrected chi connectivity index (χ0v) is 48.3. The van der Waals surface area contributed by atoms with E-state index < -0.39 is 0 Å². The van der Waals surface area contributed by atoms with Crippen molar-refractivity contribution in [3.63, 3.8) is 0 Å². The normalized spacial score (nSPS) is 10.3. The summed E-state index contributed by atoms with van der Waals surface area (Å²) in [5.74, 6) is 29.4. The van der Waals surface area contributed by atoms with Gasteiger partial charge in [-0.25, -0.2) is 0 Å². The molecule has 410 valence electrons. The predicted molar refractivity (Wildman–Crippen MR) is 328 cm³/mol. The highest BCUT2D eigenvalue weighted by Crippen LogP contribution is 2.33. The van der Waals surface area contributed by atoms with E-state index in [1.54, 1.807) is 24.3 Å². The molecule has 0 aliphatic carbocycles. The van der Waals surface area contributed by atoms with Crippen LogP contribution in [0, 0.1) is 70.0 Å². The minimum atomic E-state index is 0.564. The maximum atomic E-state index is 9.47. The molecular formula is C72H72N4O4S. The van der Waals surface area contributed by atoms with Gasteiger partial charge in [0.15, 0.2) is 0 Å². The molecule has 0 amide bonds. The average molecular weight is 1090 g/mol. The van der Waals surface area contributed by atoms with Crippen molar-refractivity contribution in [2.24, 2.45) is 0 Å². The first-order valence-corrected chi connectivity index (χ1v) is 29.7. The Labute approximate surface area is 485 Å². The van der Waals surface area contributed by atoms with Crippen LogP contribution in [0.5, 0.6) is 23.0 Å². The predicted octanol–water partition coefficient (Wildman–Crippen LogP) is 17.1. The molecule has 0 saturated heterocycles. The van der Waals surface area contributed by atoms with Crippen LogP contribution in [0.4, 0.5) is 0 Å². The molecule has 0 fully saturated rings. The molecule has 7 rings (SSSR count). The van der Waals surface area contributed by atoms with Gasteiger partial charge in [0, 0.05) is 57.6 Å². The number of unbranched alkanes of at least 4 members (excludes halogenated alkanes) is 12. The second-order valence-corrected chi connectivity index (χ2v) is 20.8. The van der Waals surface area contributed by atoms with Crippen molar-refractivity contribution >= 4 is 11.3 Å². The van der Waals surface area contributed by atoms with Crippen LogP contribution in [0.2, 0.25) is 0 Å². The number of nitriles is 2. The third kappa shape index (κ3) is 19.6. The molecule has 0 N–H and O–H groups in total. The molecule has 0 unspecified atom stereocenters. The number of hydrogen-bond acceptors (Lipinski definition) is 9. The summed E-state index contributed by atoms with van der Waals surface area (Å²) in [6, 6.07) is 43.0. The molecule has 9 heteroatoms. The van der Waals surface area contributed by atoms with E-state index in [1.165, 1.54) is 11.3 Å². The molecule has 8 nitrogen and oxygen atoms in total. The standard InChI is InChI=1S/C72H72N4O4S/c1-5-9-13-17-44-77-67-50-64(68(78-45-18-14-10-6-2)49-63(67)40-32-55-24-26-59(53-73)27-25-55)41-33-56-28-36-61(37-29-56)71-75-76-72(81-71)62-38-30-57(31-39-62)34-42-65-51-70(80-47-20-16-12-8-4)66(52-69(65)79-46-19-15-11-7-3)43-35-58-22-21-23-60(48-58)54-74/h21-31,36-39,48-52H,5-20,44-47H2,1-4H3. The van der Waals surface area contributed by atoms with Crippen molar-refractivity contribution < 1.29 is 18.9 Å². The van der Waals surface area contributed by atoms with E-state index in [4.69, 9.17) is 18.9 Å². The van der Waals surface area contributed by atoms with Gasteiger partial charge in [0.05, 0.1) is 71.9 Å². The summed E-state index contributed by atoms with van der Waals surface area (Å²) < 4.78 is 25.7. The van der Waals surface area contributed by atoms with E-state index in [-0.39, 0.29) is 0 Å². The fourth-order valence-corrected chi connectivity index (χ4v) is 9.39. The zero-order chi connectivity index (χ0) is 56.7.